The lowest BCUT2D eigenvalue weighted by molar-refractivity contribution is -0.119. The quantitative estimate of drug-likeness (QED) is 0.803. The van der Waals surface area contributed by atoms with Crippen molar-refractivity contribution in [2.24, 2.45) is 0 Å². The van der Waals surface area contributed by atoms with Gasteiger partial charge < -0.3 is 15.5 Å². The molecule has 6 heteroatoms. The van der Waals surface area contributed by atoms with E-state index >= 15 is 0 Å². The van der Waals surface area contributed by atoms with Crippen LogP contribution in [0, 0.1) is 6.92 Å². The Morgan fingerprint density at radius 2 is 2.00 bits per heavy atom. The van der Waals surface area contributed by atoms with E-state index in [2.05, 4.69) is 41.4 Å². The maximum atomic E-state index is 11.6. The topological polar surface area (TPSA) is 70.2 Å². The molecule has 0 fully saturated rings. The van der Waals surface area contributed by atoms with Crippen LogP contribution in [0.5, 0.6) is 0 Å². The molecule has 1 rings (SSSR count). The number of aromatic nitrogens is 2. The molecule has 0 saturated heterocycles. The minimum atomic E-state index is -0.0373. The van der Waals surface area contributed by atoms with Crippen molar-refractivity contribution in [3.63, 3.8) is 0 Å². The molecule has 0 aliphatic rings. The van der Waals surface area contributed by atoms with Gasteiger partial charge in [-0.3, -0.25) is 4.79 Å². The number of carbonyl (C=O) groups is 1. The molecule has 1 amide bonds. The zero-order valence-electron chi connectivity index (χ0n) is 13.9. The van der Waals surface area contributed by atoms with Crippen LogP contribution in [0.2, 0.25) is 0 Å². The van der Waals surface area contributed by atoms with Gasteiger partial charge >= 0.3 is 0 Å². The summed E-state index contributed by atoms with van der Waals surface area (Å²) in [6.45, 7) is 9.38. The predicted octanol–water partition coefficient (Wildman–Crippen LogP) is 1.91. The van der Waals surface area contributed by atoms with E-state index in [1.165, 1.54) is 0 Å². The van der Waals surface area contributed by atoms with Crippen molar-refractivity contribution in [2.75, 3.05) is 37.4 Å². The van der Waals surface area contributed by atoms with Gasteiger partial charge in [-0.1, -0.05) is 20.8 Å². The van der Waals surface area contributed by atoms with Crippen LogP contribution >= 0.6 is 0 Å². The number of amides is 1. The van der Waals surface area contributed by atoms with Gasteiger partial charge in [-0.15, -0.1) is 0 Å². The Kier molecular flexibility index (Phi) is 6.39. The van der Waals surface area contributed by atoms with Gasteiger partial charge in [0.05, 0.1) is 6.54 Å². The number of hydrogen-bond acceptors (Lipinski definition) is 5. The molecule has 6 nitrogen and oxygen atoms in total. The van der Waals surface area contributed by atoms with E-state index in [9.17, 15) is 4.79 Å². The van der Waals surface area contributed by atoms with Crippen LogP contribution in [-0.4, -0.2) is 43.1 Å². The Morgan fingerprint density at radius 1 is 1.33 bits per heavy atom. The summed E-state index contributed by atoms with van der Waals surface area (Å²) in [6.07, 6.45) is 1.03. The molecule has 0 aromatic carbocycles. The standard InChI is InChI=1S/C15H27N5O/c1-7-8-17-14-11(4)15(19-13(18-14)10(2)3)20(6)9-12(21)16-5/h10H,7-9H2,1-6H3,(H,16,21)(H,17,18,19). The molecule has 1 aromatic rings. The average Bonchev–Trinajstić information content (AvgIpc) is 2.45. The first kappa shape index (κ1) is 17.2. The molecule has 0 spiro atoms. The van der Waals surface area contributed by atoms with Crippen LogP contribution in [0.15, 0.2) is 0 Å². The number of carbonyl (C=O) groups excluding carboxylic acids is 1. The Bertz CT molecular complexity index is 487. The first-order chi connectivity index (χ1) is 9.90. The monoisotopic (exact) mass is 293 g/mol. The summed E-state index contributed by atoms with van der Waals surface area (Å²) in [7, 11) is 3.51. The molecule has 0 radical (unpaired) electrons. The van der Waals surface area contributed by atoms with Crippen molar-refractivity contribution in [1.82, 2.24) is 15.3 Å². The van der Waals surface area contributed by atoms with Crippen molar-refractivity contribution < 1.29 is 4.79 Å². The van der Waals surface area contributed by atoms with E-state index in [-0.39, 0.29) is 18.4 Å². The van der Waals surface area contributed by atoms with Crippen LogP contribution in [0.1, 0.15) is 44.5 Å². The molecule has 1 aromatic heterocycles. The summed E-state index contributed by atoms with van der Waals surface area (Å²) in [4.78, 5) is 22.7. The van der Waals surface area contributed by atoms with Crippen LogP contribution in [0.3, 0.4) is 0 Å². The molecule has 0 atom stereocenters. The minimum Gasteiger partial charge on any atom is -0.370 e. The molecule has 0 bridgehead atoms. The predicted molar refractivity (Wildman–Crippen MR) is 87.0 cm³/mol. The Labute approximate surface area is 127 Å². The van der Waals surface area contributed by atoms with Crippen LogP contribution in [-0.2, 0) is 4.79 Å². The first-order valence-electron chi connectivity index (χ1n) is 7.44. The van der Waals surface area contributed by atoms with Crippen molar-refractivity contribution in [3.8, 4) is 0 Å². The fraction of sp³-hybridized carbons (Fsp3) is 0.667. The van der Waals surface area contributed by atoms with Crippen LogP contribution in [0.25, 0.3) is 0 Å². The van der Waals surface area contributed by atoms with Gasteiger partial charge in [-0.05, 0) is 13.3 Å². The normalized spacial score (nSPS) is 10.6. The van der Waals surface area contributed by atoms with Crippen molar-refractivity contribution in [1.29, 1.82) is 0 Å². The van der Waals surface area contributed by atoms with E-state index < -0.39 is 0 Å². The first-order valence-corrected chi connectivity index (χ1v) is 7.44. The number of rotatable bonds is 7. The number of nitrogens with zero attached hydrogens (tertiary/aromatic N) is 3. The summed E-state index contributed by atoms with van der Waals surface area (Å²) in [5.74, 6) is 2.65. The Balaban J connectivity index is 3.15. The summed E-state index contributed by atoms with van der Waals surface area (Å²) in [6, 6.07) is 0. The van der Waals surface area contributed by atoms with E-state index in [0.717, 1.165) is 36.0 Å². The highest BCUT2D eigenvalue weighted by molar-refractivity contribution is 5.81. The fourth-order valence-electron chi connectivity index (χ4n) is 1.94. The van der Waals surface area contributed by atoms with Gasteiger partial charge in [0, 0.05) is 32.1 Å². The second kappa shape index (κ2) is 7.81. The molecule has 0 saturated carbocycles. The fourth-order valence-corrected chi connectivity index (χ4v) is 1.94. The number of nitrogens with one attached hydrogen (secondary N) is 2. The molecular formula is C15H27N5O. The lowest BCUT2D eigenvalue weighted by Crippen LogP contribution is -2.34. The maximum Gasteiger partial charge on any atom is 0.239 e. The minimum absolute atomic E-state index is 0.0373. The SMILES string of the molecule is CCCNc1nc(C(C)C)nc(N(C)CC(=O)NC)c1C. The Morgan fingerprint density at radius 3 is 2.52 bits per heavy atom. The third-order valence-corrected chi connectivity index (χ3v) is 3.22. The highest BCUT2D eigenvalue weighted by Gasteiger charge is 2.17. The van der Waals surface area contributed by atoms with Crippen molar-refractivity contribution >= 4 is 17.5 Å². The van der Waals surface area contributed by atoms with E-state index in [0.29, 0.717) is 0 Å². The number of anilines is 2. The summed E-state index contributed by atoms with van der Waals surface area (Å²) < 4.78 is 0. The zero-order valence-corrected chi connectivity index (χ0v) is 13.9. The average molecular weight is 293 g/mol. The van der Waals surface area contributed by atoms with Crippen molar-refractivity contribution in [3.05, 3.63) is 11.4 Å². The smallest absolute Gasteiger partial charge is 0.239 e. The van der Waals surface area contributed by atoms with Gasteiger partial charge in [0.2, 0.25) is 5.91 Å². The van der Waals surface area contributed by atoms with Gasteiger partial charge in [0.15, 0.2) is 0 Å². The highest BCUT2D eigenvalue weighted by Crippen LogP contribution is 2.25. The van der Waals surface area contributed by atoms with Gasteiger partial charge in [0.25, 0.3) is 0 Å². The van der Waals surface area contributed by atoms with E-state index in [1.807, 2.05) is 18.9 Å². The number of likely N-dealkylation sites (N-methyl/N-ethyl adjacent to an activating group) is 2. The van der Waals surface area contributed by atoms with Crippen LogP contribution < -0.4 is 15.5 Å². The zero-order chi connectivity index (χ0) is 16.0. The third kappa shape index (κ3) is 4.58. The molecule has 0 unspecified atom stereocenters. The number of hydrogen-bond donors (Lipinski definition) is 2. The van der Waals surface area contributed by atoms with Crippen LogP contribution in [0.4, 0.5) is 11.6 Å². The van der Waals surface area contributed by atoms with Gasteiger partial charge in [-0.25, -0.2) is 9.97 Å². The molecule has 0 aliphatic heterocycles. The summed E-state index contributed by atoms with van der Waals surface area (Å²) >= 11 is 0. The van der Waals surface area contributed by atoms with Gasteiger partial charge in [0.1, 0.15) is 17.5 Å². The lowest BCUT2D eigenvalue weighted by Gasteiger charge is -2.22. The molecular weight excluding hydrogens is 266 g/mol. The molecule has 21 heavy (non-hydrogen) atoms. The molecule has 0 aliphatic carbocycles. The summed E-state index contributed by atoms with van der Waals surface area (Å²) in [5, 5.41) is 5.97. The third-order valence-electron chi connectivity index (χ3n) is 3.22. The summed E-state index contributed by atoms with van der Waals surface area (Å²) in [5.41, 5.74) is 0.972. The molecule has 118 valence electrons. The Hall–Kier alpha value is -1.85. The highest BCUT2D eigenvalue weighted by atomic mass is 16.1. The van der Waals surface area contributed by atoms with E-state index in [1.54, 1.807) is 7.05 Å². The van der Waals surface area contributed by atoms with Crippen molar-refractivity contribution in [2.45, 2.75) is 40.0 Å². The maximum absolute atomic E-state index is 11.6. The largest absolute Gasteiger partial charge is 0.370 e. The second-order valence-electron chi connectivity index (χ2n) is 5.49. The molecule has 2 N–H and O–H groups in total. The van der Waals surface area contributed by atoms with E-state index in [4.69, 9.17) is 0 Å². The van der Waals surface area contributed by atoms with Gasteiger partial charge in [-0.2, -0.15) is 0 Å². The second-order valence-corrected chi connectivity index (χ2v) is 5.49. The lowest BCUT2D eigenvalue weighted by atomic mass is 10.2. The molecule has 1 heterocycles.